The lowest BCUT2D eigenvalue weighted by Gasteiger charge is -2.10. The van der Waals surface area contributed by atoms with Gasteiger partial charge >= 0.3 is 5.97 Å². The maximum Gasteiger partial charge on any atom is 0.306 e. The fourth-order valence-electron chi connectivity index (χ4n) is 3.30. The van der Waals surface area contributed by atoms with Gasteiger partial charge in [0.2, 0.25) is 0 Å². The Kier molecular flexibility index (Phi) is 6.37. The summed E-state index contributed by atoms with van der Waals surface area (Å²) in [6.45, 7) is 4.36. The van der Waals surface area contributed by atoms with E-state index in [1.165, 1.54) is 16.7 Å². The van der Waals surface area contributed by atoms with Crippen LogP contribution in [0.1, 0.15) is 31.4 Å². The first-order valence-corrected chi connectivity index (χ1v) is 9.42. The largest absolute Gasteiger partial charge is 0.466 e. The quantitative estimate of drug-likeness (QED) is 0.402. The number of hydrogen-bond donors (Lipinski definition) is 0. The van der Waals surface area contributed by atoms with Crippen LogP contribution < -0.4 is 0 Å². The van der Waals surface area contributed by atoms with Crippen LogP contribution in [0, 0.1) is 5.92 Å². The topological polar surface area (TPSA) is 38.7 Å². The number of carbonyl (C=O) groups excluding carboxylic acids is 1. The molecule has 0 saturated heterocycles. The Hall–Kier alpha value is -2.94. The molecule has 138 valence electrons. The molecule has 2 aliphatic carbocycles. The first-order valence-electron chi connectivity index (χ1n) is 9.42. The number of carbonyl (C=O) groups is 1. The maximum atomic E-state index is 11.8. The van der Waals surface area contributed by atoms with Gasteiger partial charge in [-0.25, -0.2) is 0 Å². The highest BCUT2D eigenvalue weighted by molar-refractivity contribution is 5.95. The average molecular weight is 359 g/mol. The van der Waals surface area contributed by atoms with Gasteiger partial charge in [0, 0.05) is 18.2 Å². The standard InChI is InChI=1S/C24H25NO2/c1-3-27-24(26)15-18(2)14-20-16-19-10-6-4-9-13-22(19)23(20)17-25-21-11-7-5-8-12-21/h4-13,16-18H,3,14-15H2,1-2H3. The molecule has 0 heterocycles. The van der Waals surface area contributed by atoms with Crippen molar-refractivity contribution in [1.29, 1.82) is 0 Å². The number of benzene rings is 1. The monoisotopic (exact) mass is 359 g/mol. The van der Waals surface area contributed by atoms with Crippen LogP contribution in [0.25, 0.3) is 11.1 Å². The molecular weight excluding hydrogens is 334 g/mol. The first-order chi connectivity index (χ1) is 13.2. The molecule has 0 radical (unpaired) electrons. The van der Waals surface area contributed by atoms with Gasteiger partial charge in [-0.05, 0) is 48.1 Å². The van der Waals surface area contributed by atoms with Crippen LogP contribution in [0.2, 0.25) is 0 Å². The number of fused-ring (bicyclic) bond motifs is 1. The predicted octanol–water partition coefficient (Wildman–Crippen LogP) is 5.67. The number of ether oxygens (including phenoxy) is 1. The highest BCUT2D eigenvalue weighted by Crippen LogP contribution is 2.32. The Morgan fingerprint density at radius 1 is 1.07 bits per heavy atom. The lowest BCUT2D eigenvalue weighted by Crippen LogP contribution is -2.11. The van der Waals surface area contributed by atoms with Crippen LogP contribution in [-0.2, 0) is 16.0 Å². The summed E-state index contributed by atoms with van der Waals surface area (Å²) in [5.41, 5.74) is 5.64. The second-order valence-electron chi connectivity index (χ2n) is 6.78. The Morgan fingerprint density at radius 3 is 2.52 bits per heavy atom. The SMILES string of the molecule is CCOC(=O)CC(C)Cc1cc2cccccc-2c1C=Nc1ccccc1. The van der Waals surface area contributed by atoms with Gasteiger partial charge < -0.3 is 4.74 Å². The summed E-state index contributed by atoms with van der Waals surface area (Å²) in [5.74, 6) is 0.0745. The van der Waals surface area contributed by atoms with Gasteiger partial charge in [-0.1, -0.05) is 61.5 Å². The molecule has 3 heteroatoms. The zero-order valence-electron chi connectivity index (χ0n) is 15.9. The summed E-state index contributed by atoms with van der Waals surface area (Å²) in [7, 11) is 0. The molecule has 27 heavy (non-hydrogen) atoms. The predicted molar refractivity (Wildman–Crippen MR) is 111 cm³/mol. The minimum atomic E-state index is -0.132. The van der Waals surface area contributed by atoms with E-state index in [1.54, 1.807) is 0 Å². The summed E-state index contributed by atoms with van der Waals surface area (Å²) in [6.07, 6.45) is 3.19. The van der Waals surface area contributed by atoms with Gasteiger partial charge in [0.05, 0.1) is 12.3 Å². The van der Waals surface area contributed by atoms with E-state index in [2.05, 4.69) is 30.1 Å². The van der Waals surface area contributed by atoms with Crippen molar-refractivity contribution in [2.75, 3.05) is 6.61 Å². The molecule has 1 unspecified atom stereocenters. The van der Waals surface area contributed by atoms with Crippen molar-refractivity contribution in [1.82, 2.24) is 0 Å². The van der Waals surface area contributed by atoms with Crippen LogP contribution >= 0.6 is 0 Å². The molecule has 3 rings (SSSR count). The Labute approximate surface area is 161 Å². The van der Waals surface area contributed by atoms with Crippen molar-refractivity contribution in [3.05, 3.63) is 77.9 Å². The number of para-hydroxylation sites is 1. The van der Waals surface area contributed by atoms with Gasteiger partial charge in [-0.2, -0.15) is 0 Å². The fourth-order valence-corrected chi connectivity index (χ4v) is 3.30. The van der Waals surface area contributed by atoms with E-state index >= 15 is 0 Å². The van der Waals surface area contributed by atoms with Crippen molar-refractivity contribution < 1.29 is 9.53 Å². The Morgan fingerprint density at radius 2 is 1.78 bits per heavy atom. The molecule has 0 saturated carbocycles. The normalized spacial score (nSPS) is 12.4. The molecule has 0 fully saturated rings. The third kappa shape index (κ3) is 5.04. The highest BCUT2D eigenvalue weighted by atomic mass is 16.5. The maximum absolute atomic E-state index is 11.8. The molecule has 0 N–H and O–H groups in total. The van der Waals surface area contributed by atoms with E-state index in [0.717, 1.165) is 17.7 Å². The van der Waals surface area contributed by atoms with Gasteiger partial charge in [-0.3, -0.25) is 9.79 Å². The van der Waals surface area contributed by atoms with Gasteiger partial charge in [0.25, 0.3) is 0 Å². The van der Waals surface area contributed by atoms with Gasteiger partial charge in [0.1, 0.15) is 0 Å². The van der Waals surface area contributed by atoms with Crippen LogP contribution in [-0.4, -0.2) is 18.8 Å². The minimum absolute atomic E-state index is 0.132. The molecule has 1 atom stereocenters. The molecule has 0 aromatic heterocycles. The van der Waals surface area contributed by atoms with Crippen LogP contribution in [0.3, 0.4) is 0 Å². The Balaban J connectivity index is 1.90. The average Bonchev–Trinajstić information content (AvgIpc) is 2.81. The van der Waals surface area contributed by atoms with E-state index in [4.69, 9.17) is 4.74 Å². The zero-order chi connectivity index (χ0) is 19.1. The second-order valence-corrected chi connectivity index (χ2v) is 6.78. The lowest BCUT2D eigenvalue weighted by atomic mass is 9.97. The van der Waals surface area contributed by atoms with Crippen molar-refractivity contribution in [3.8, 4) is 11.1 Å². The van der Waals surface area contributed by atoms with Crippen molar-refractivity contribution in [2.24, 2.45) is 10.9 Å². The molecule has 2 aliphatic rings. The molecule has 0 amide bonds. The van der Waals surface area contributed by atoms with Crippen molar-refractivity contribution >= 4 is 17.9 Å². The van der Waals surface area contributed by atoms with E-state index in [9.17, 15) is 4.79 Å². The highest BCUT2D eigenvalue weighted by Gasteiger charge is 2.17. The van der Waals surface area contributed by atoms with E-state index in [0.29, 0.717) is 13.0 Å². The van der Waals surface area contributed by atoms with Gasteiger partial charge in [0.15, 0.2) is 0 Å². The van der Waals surface area contributed by atoms with Crippen molar-refractivity contribution in [2.45, 2.75) is 26.7 Å². The Bertz CT molecular complexity index is 886. The minimum Gasteiger partial charge on any atom is -0.466 e. The number of aliphatic imine (C=N–C) groups is 1. The molecule has 0 spiro atoms. The lowest BCUT2D eigenvalue weighted by molar-refractivity contribution is -0.144. The number of nitrogens with zero attached hydrogens (tertiary/aromatic N) is 1. The third-order valence-electron chi connectivity index (χ3n) is 4.53. The number of esters is 1. The van der Waals surface area contributed by atoms with Crippen LogP contribution in [0.5, 0.6) is 0 Å². The summed E-state index contributed by atoms with van der Waals surface area (Å²) < 4.78 is 5.09. The summed E-state index contributed by atoms with van der Waals surface area (Å²) in [5, 5.41) is 0. The molecule has 1 aromatic carbocycles. The fraction of sp³-hybridized carbons (Fsp3) is 0.250. The summed E-state index contributed by atoms with van der Waals surface area (Å²) >= 11 is 0. The van der Waals surface area contributed by atoms with E-state index in [1.807, 2.05) is 61.7 Å². The smallest absolute Gasteiger partial charge is 0.306 e. The first kappa shape index (κ1) is 18.8. The summed E-state index contributed by atoms with van der Waals surface area (Å²) in [6, 6.07) is 22.5. The molecule has 1 aromatic rings. The third-order valence-corrected chi connectivity index (χ3v) is 4.53. The van der Waals surface area contributed by atoms with Crippen LogP contribution in [0.4, 0.5) is 5.69 Å². The number of rotatable bonds is 7. The molecule has 0 aliphatic heterocycles. The van der Waals surface area contributed by atoms with Crippen LogP contribution in [0.15, 0.2) is 71.7 Å². The number of hydrogen-bond acceptors (Lipinski definition) is 3. The van der Waals surface area contributed by atoms with E-state index in [-0.39, 0.29) is 11.9 Å². The molecule has 3 nitrogen and oxygen atoms in total. The molecule has 0 bridgehead atoms. The van der Waals surface area contributed by atoms with Gasteiger partial charge in [-0.15, -0.1) is 0 Å². The second kappa shape index (κ2) is 9.13. The van der Waals surface area contributed by atoms with E-state index < -0.39 is 0 Å². The zero-order valence-corrected chi connectivity index (χ0v) is 15.9. The molecular formula is C24H25NO2. The van der Waals surface area contributed by atoms with Crippen molar-refractivity contribution in [3.63, 3.8) is 0 Å². The summed E-state index contributed by atoms with van der Waals surface area (Å²) in [4.78, 5) is 16.5.